The molecule has 1 unspecified atom stereocenters. The van der Waals surface area contributed by atoms with Gasteiger partial charge in [0, 0.05) is 24.1 Å². The molecular weight excluding hydrogens is 314 g/mol. The summed E-state index contributed by atoms with van der Waals surface area (Å²) in [6.07, 6.45) is 0.858. The van der Waals surface area contributed by atoms with Crippen LogP contribution in [0.25, 0.3) is 0 Å². The van der Waals surface area contributed by atoms with Crippen molar-refractivity contribution in [3.05, 3.63) is 24.3 Å². The van der Waals surface area contributed by atoms with E-state index in [1.54, 1.807) is 19.1 Å². The number of carbonyl (C=O) groups is 3. The molecular formula is C16H23N3O3S. The maximum absolute atomic E-state index is 11.8. The Morgan fingerprint density at radius 1 is 1.17 bits per heavy atom. The van der Waals surface area contributed by atoms with Gasteiger partial charge in [0.05, 0.1) is 5.75 Å². The van der Waals surface area contributed by atoms with E-state index in [9.17, 15) is 14.4 Å². The first-order valence-corrected chi connectivity index (χ1v) is 8.48. The smallest absolute Gasteiger partial charge is 0.242 e. The Morgan fingerprint density at radius 2 is 1.83 bits per heavy atom. The van der Waals surface area contributed by atoms with Crippen molar-refractivity contribution in [3.8, 4) is 0 Å². The summed E-state index contributed by atoms with van der Waals surface area (Å²) in [4.78, 5) is 35.4. The van der Waals surface area contributed by atoms with Crippen LogP contribution in [0, 0.1) is 0 Å². The standard InChI is InChI=1S/C16H23N3O3S/c1-4-9-17-16(22)11(2)18-15(21)10-23-14-7-5-13(6-8-14)19-12(3)20/h5-8,11H,4,9-10H2,1-3H3,(H,17,22)(H,18,21)(H,19,20). The molecule has 0 heterocycles. The second-order valence-electron chi connectivity index (χ2n) is 5.07. The number of rotatable bonds is 8. The molecule has 23 heavy (non-hydrogen) atoms. The van der Waals surface area contributed by atoms with E-state index < -0.39 is 6.04 Å². The second kappa shape index (κ2) is 9.89. The van der Waals surface area contributed by atoms with E-state index in [1.165, 1.54) is 18.7 Å². The van der Waals surface area contributed by atoms with Crippen molar-refractivity contribution in [1.29, 1.82) is 0 Å². The van der Waals surface area contributed by atoms with Crippen molar-refractivity contribution in [2.24, 2.45) is 0 Å². The summed E-state index contributed by atoms with van der Waals surface area (Å²) >= 11 is 1.37. The molecule has 0 fully saturated rings. The maximum atomic E-state index is 11.8. The van der Waals surface area contributed by atoms with E-state index in [0.29, 0.717) is 12.2 Å². The first kappa shape index (κ1) is 19.0. The van der Waals surface area contributed by atoms with Gasteiger partial charge in [-0.3, -0.25) is 14.4 Å². The van der Waals surface area contributed by atoms with Gasteiger partial charge in [-0.25, -0.2) is 0 Å². The molecule has 0 spiro atoms. The zero-order valence-corrected chi connectivity index (χ0v) is 14.5. The van der Waals surface area contributed by atoms with Gasteiger partial charge in [-0.1, -0.05) is 6.92 Å². The fourth-order valence-corrected chi connectivity index (χ4v) is 2.45. The van der Waals surface area contributed by atoms with Crippen LogP contribution >= 0.6 is 11.8 Å². The van der Waals surface area contributed by atoms with Crippen molar-refractivity contribution in [2.75, 3.05) is 17.6 Å². The Balaban J connectivity index is 2.38. The van der Waals surface area contributed by atoms with E-state index in [1.807, 2.05) is 19.1 Å². The van der Waals surface area contributed by atoms with E-state index >= 15 is 0 Å². The van der Waals surface area contributed by atoms with Crippen molar-refractivity contribution in [3.63, 3.8) is 0 Å². The third-order valence-electron chi connectivity index (χ3n) is 2.86. The Labute approximate surface area is 140 Å². The molecule has 3 N–H and O–H groups in total. The summed E-state index contributed by atoms with van der Waals surface area (Å²) in [7, 11) is 0. The summed E-state index contributed by atoms with van der Waals surface area (Å²) < 4.78 is 0. The third-order valence-corrected chi connectivity index (χ3v) is 3.88. The molecule has 126 valence electrons. The van der Waals surface area contributed by atoms with Crippen LogP contribution in [0.2, 0.25) is 0 Å². The number of hydrogen-bond acceptors (Lipinski definition) is 4. The predicted molar refractivity (Wildman–Crippen MR) is 92.4 cm³/mol. The maximum Gasteiger partial charge on any atom is 0.242 e. The highest BCUT2D eigenvalue weighted by atomic mass is 32.2. The van der Waals surface area contributed by atoms with Gasteiger partial charge in [0.2, 0.25) is 17.7 Å². The lowest BCUT2D eigenvalue weighted by atomic mass is 10.3. The van der Waals surface area contributed by atoms with Gasteiger partial charge in [0.1, 0.15) is 6.04 Å². The first-order chi connectivity index (χ1) is 10.9. The molecule has 0 saturated carbocycles. The Kier molecular flexibility index (Phi) is 8.18. The lowest BCUT2D eigenvalue weighted by molar-refractivity contribution is -0.127. The van der Waals surface area contributed by atoms with Crippen molar-refractivity contribution >= 4 is 35.2 Å². The van der Waals surface area contributed by atoms with Gasteiger partial charge < -0.3 is 16.0 Å². The highest BCUT2D eigenvalue weighted by Gasteiger charge is 2.14. The largest absolute Gasteiger partial charge is 0.354 e. The SMILES string of the molecule is CCCNC(=O)C(C)NC(=O)CSc1ccc(NC(C)=O)cc1. The molecule has 0 aliphatic rings. The third kappa shape index (κ3) is 7.69. The van der Waals surface area contributed by atoms with Gasteiger partial charge >= 0.3 is 0 Å². The van der Waals surface area contributed by atoms with Crippen LogP contribution in [-0.2, 0) is 14.4 Å². The molecule has 6 nitrogen and oxygen atoms in total. The van der Waals surface area contributed by atoms with Crippen molar-refractivity contribution in [2.45, 2.75) is 38.1 Å². The number of anilines is 1. The fourth-order valence-electron chi connectivity index (χ4n) is 1.74. The van der Waals surface area contributed by atoms with Crippen LogP contribution in [0.1, 0.15) is 27.2 Å². The van der Waals surface area contributed by atoms with Gasteiger partial charge in [-0.05, 0) is 37.6 Å². The molecule has 0 aliphatic heterocycles. The average Bonchev–Trinajstić information content (AvgIpc) is 2.51. The molecule has 1 aromatic carbocycles. The van der Waals surface area contributed by atoms with Crippen molar-refractivity contribution in [1.82, 2.24) is 10.6 Å². The van der Waals surface area contributed by atoms with E-state index in [4.69, 9.17) is 0 Å². The molecule has 7 heteroatoms. The summed E-state index contributed by atoms with van der Waals surface area (Å²) in [5, 5.41) is 8.09. The molecule has 1 aromatic rings. The minimum atomic E-state index is -0.545. The summed E-state index contributed by atoms with van der Waals surface area (Å²) in [6.45, 7) is 5.69. The number of nitrogens with one attached hydrogen (secondary N) is 3. The summed E-state index contributed by atoms with van der Waals surface area (Å²) in [5.41, 5.74) is 0.715. The molecule has 1 rings (SSSR count). The van der Waals surface area contributed by atoms with Crippen LogP contribution in [0.15, 0.2) is 29.2 Å². The Bertz CT molecular complexity index is 546. The molecule has 0 saturated heterocycles. The highest BCUT2D eigenvalue weighted by molar-refractivity contribution is 8.00. The van der Waals surface area contributed by atoms with Crippen LogP contribution in [0.4, 0.5) is 5.69 Å². The zero-order chi connectivity index (χ0) is 17.2. The molecule has 0 aliphatic carbocycles. The number of benzene rings is 1. The Morgan fingerprint density at radius 3 is 2.39 bits per heavy atom. The molecule has 1 atom stereocenters. The number of carbonyl (C=O) groups excluding carboxylic acids is 3. The fraction of sp³-hybridized carbons (Fsp3) is 0.438. The average molecular weight is 337 g/mol. The monoisotopic (exact) mass is 337 g/mol. The molecule has 0 bridgehead atoms. The molecule has 0 aromatic heterocycles. The quantitative estimate of drug-likeness (QED) is 0.631. The topological polar surface area (TPSA) is 87.3 Å². The molecule has 0 radical (unpaired) electrons. The van der Waals surface area contributed by atoms with Crippen LogP contribution < -0.4 is 16.0 Å². The normalized spacial score (nSPS) is 11.4. The summed E-state index contributed by atoms with van der Waals surface area (Å²) in [5.74, 6) is -0.268. The van der Waals surface area contributed by atoms with Gasteiger partial charge in [-0.15, -0.1) is 11.8 Å². The highest BCUT2D eigenvalue weighted by Crippen LogP contribution is 2.20. The van der Waals surface area contributed by atoms with E-state index in [-0.39, 0.29) is 23.5 Å². The van der Waals surface area contributed by atoms with Gasteiger partial charge in [-0.2, -0.15) is 0 Å². The zero-order valence-electron chi connectivity index (χ0n) is 13.6. The lowest BCUT2D eigenvalue weighted by Crippen LogP contribution is -2.45. The van der Waals surface area contributed by atoms with Crippen LogP contribution in [0.5, 0.6) is 0 Å². The molecule has 3 amide bonds. The van der Waals surface area contributed by atoms with Crippen LogP contribution in [-0.4, -0.2) is 36.1 Å². The second-order valence-corrected chi connectivity index (χ2v) is 6.12. The minimum absolute atomic E-state index is 0.125. The van der Waals surface area contributed by atoms with Gasteiger partial charge in [0.25, 0.3) is 0 Å². The van der Waals surface area contributed by atoms with Crippen LogP contribution in [0.3, 0.4) is 0 Å². The van der Waals surface area contributed by atoms with Gasteiger partial charge in [0.15, 0.2) is 0 Å². The first-order valence-electron chi connectivity index (χ1n) is 7.50. The summed E-state index contributed by atoms with van der Waals surface area (Å²) in [6, 6.07) is 6.68. The van der Waals surface area contributed by atoms with E-state index in [0.717, 1.165) is 11.3 Å². The minimum Gasteiger partial charge on any atom is -0.354 e. The Hall–Kier alpha value is -2.02. The number of hydrogen-bond donors (Lipinski definition) is 3. The number of thioether (sulfide) groups is 1. The van der Waals surface area contributed by atoms with E-state index in [2.05, 4.69) is 16.0 Å². The lowest BCUT2D eigenvalue weighted by Gasteiger charge is -2.13. The number of amides is 3. The van der Waals surface area contributed by atoms with Crippen molar-refractivity contribution < 1.29 is 14.4 Å². The predicted octanol–water partition coefficient (Wildman–Crippen LogP) is 1.77.